The van der Waals surface area contributed by atoms with Gasteiger partial charge < -0.3 is 14.7 Å². The van der Waals surface area contributed by atoms with E-state index in [1.165, 1.54) is 4.90 Å². The molecule has 0 saturated heterocycles. The van der Waals surface area contributed by atoms with Crippen molar-refractivity contribution in [2.75, 3.05) is 7.11 Å². The van der Waals surface area contributed by atoms with Gasteiger partial charge in [0.2, 0.25) is 5.91 Å². The van der Waals surface area contributed by atoms with Crippen LogP contribution in [0.1, 0.15) is 23.1 Å². The molecular formula is C20H20ClNO4. The number of rotatable bonds is 5. The average Bonchev–Trinajstić information content (AvgIpc) is 2.65. The third-order valence-corrected chi connectivity index (χ3v) is 4.99. The first kappa shape index (κ1) is 18.3. The summed E-state index contributed by atoms with van der Waals surface area (Å²) < 4.78 is 5.12. The lowest BCUT2D eigenvalue weighted by molar-refractivity contribution is -0.151. The van der Waals surface area contributed by atoms with Gasteiger partial charge in [-0.15, -0.1) is 0 Å². The molecule has 0 spiro atoms. The maximum atomic E-state index is 12.7. The van der Waals surface area contributed by atoms with E-state index in [-0.39, 0.29) is 12.3 Å². The number of methoxy groups -OCH3 is 1. The summed E-state index contributed by atoms with van der Waals surface area (Å²) in [5, 5.41) is 10.0. The highest BCUT2D eigenvalue weighted by Gasteiger charge is 2.34. The third kappa shape index (κ3) is 3.83. The maximum absolute atomic E-state index is 12.7. The van der Waals surface area contributed by atoms with Gasteiger partial charge in [-0.05, 0) is 35.2 Å². The molecule has 26 heavy (non-hydrogen) atoms. The lowest BCUT2D eigenvalue weighted by Crippen LogP contribution is -2.48. The van der Waals surface area contributed by atoms with E-state index in [4.69, 9.17) is 16.3 Å². The Kier molecular flexibility index (Phi) is 5.47. The molecule has 1 aliphatic heterocycles. The van der Waals surface area contributed by atoms with Crippen molar-refractivity contribution >= 4 is 23.5 Å². The average molecular weight is 374 g/mol. The Hall–Kier alpha value is -2.53. The van der Waals surface area contributed by atoms with Crippen LogP contribution in [0.15, 0.2) is 42.5 Å². The Bertz CT molecular complexity index is 836. The van der Waals surface area contributed by atoms with Crippen LogP contribution in [0.3, 0.4) is 0 Å². The highest BCUT2D eigenvalue weighted by Crippen LogP contribution is 2.27. The summed E-state index contributed by atoms with van der Waals surface area (Å²) in [6.07, 6.45) is 1.06. The number of carboxylic acid groups (broad SMARTS) is 1. The molecule has 0 aromatic heterocycles. The smallest absolute Gasteiger partial charge is 0.326 e. The molecule has 0 bridgehead atoms. The number of fused-ring (bicyclic) bond motifs is 1. The number of carbonyl (C=O) groups excluding carboxylic acids is 1. The molecule has 1 atom stereocenters. The number of amides is 1. The molecule has 0 saturated carbocycles. The molecule has 1 aliphatic rings. The quantitative estimate of drug-likeness (QED) is 0.873. The van der Waals surface area contributed by atoms with Crippen molar-refractivity contribution < 1.29 is 19.4 Å². The van der Waals surface area contributed by atoms with Crippen LogP contribution in [-0.4, -0.2) is 35.0 Å². The topological polar surface area (TPSA) is 66.8 Å². The number of nitrogens with zero attached hydrogens (tertiary/aromatic N) is 1. The fraction of sp³-hybridized carbons (Fsp3) is 0.300. The van der Waals surface area contributed by atoms with Crippen LogP contribution in [-0.2, 0) is 29.0 Å². The monoisotopic (exact) mass is 373 g/mol. The van der Waals surface area contributed by atoms with Crippen LogP contribution in [0.4, 0.5) is 0 Å². The van der Waals surface area contributed by atoms with Gasteiger partial charge in [0, 0.05) is 19.4 Å². The number of carboxylic acids is 1. The molecule has 5 nitrogen and oxygen atoms in total. The van der Waals surface area contributed by atoms with Crippen LogP contribution in [0, 0.1) is 0 Å². The predicted molar refractivity (Wildman–Crippen MR) is 98.4 cm³/mol. The van der Waals surface area contributed by atoms with Crippen molar-refractivity contribution in [3.05, 3.63) is 64.2 Å². The number of halogens is 1. The van der Waals surface area contributed by atoms with E-state index in [9.17, 15) is 14.7 Å². The van der Waals surface area contributed by atoms with E-state index < -0.39 is 12.0 Å². The molecule has 1 amide bonds. The molecule has 3 rings (SSSR count). The van der Waals surface area contributed by atoms with Crippen LogP contribution >= 0.6 is 11.6 Å². The molecule has 2 aromatic rings. The molecular weight excluding hydrogens is 354 g/mol. The lowest BCUT2D eigenvalue weighted by atomic mass is 9.93. The maximum Gasteiger partial charge on any atom is 0.326 e. The van der Waals surface area contributed by atoms with Crippen molar-refractivity contribution in [3.63, 3.8) is 0 Å². The standard InChI is InChI=1S/C20H20ClNO4/c1-26-18-8-6-13(10-16(18)21)7-9-19(23)22-12-15-5-3-2-4-14(15)11-17(22)20(24)25/h2-6,8,10,17H,7,9,11-12H2,1H3,(H,24,25). The van der Waals surface area contributed by atoms with Gasteiger partial charge in [-0.3, -0.25) is 4.79 Å². The molecule has 2 aromatic carbocycles. The van der Waals surface area contributed by atoms with Crippen LogP contribution in [0.5, 0.6) is 5.75 Å². The van der Waals surface area contributed by atoms with Gasteiger partial charge in [0.05, 0.1) is 12.1 Å². The third-order valence-electron chi connectivity index (χ3n) is 4.70. The Morgan fingerprint density at radius 3 is 2.62 bits per heavy atom. The highest BCUT2D eigenvalue weighted by atomic mass is 35.5. The van der Waals surface area contributed by atoms with E-state index in [0.717, 1.165) is 16.7 Å². The first-order chi connectivity index (χ1) is 12.5. The number of aliphatic carboxylic acids is 1. The van der Waals surface area contributed by atoms with Crippen molar-refractivity contribution in [1.82, 2.24) is 4.90 Å². The number of hydrogen-bond acceptors (Lipinski definition) is 3. The minimum absolute atomic E-state index is 0.168. The second-order valence-electron chi connectivity index (χ2n) is 6.32. The summed E-state index contributed by atoms with van der Waals surface area (Å²) in [7, 11) is 1.55. The molecule has 1 heterocycles. The Morgan fingerprint density at radius 1 is 1.23 bits per heavy atom. The zero-order valence-corrected chi connectivity index (χ0v) is 15.2. The molecule has 1 unspecified atom stereocenters. The predicted octanol–water partition coefficient (Wildman–Crippen LogP) is 3.32. The largest absolute Gasteiger partial charge is 0.495 e. The van der Waals surface area contributed by atoms with E-state index >= 15 is 0 Å². The van der Waals surface area contributed by atoms with Gasteiger partial charge in [-0.2, -0.15) is 0 Å². The summed E-state index contributed by atoms with van der Waals surface area (Å²) in [4.78, 5) is 25.8. The molecule has 0 radical (unpaired) electrons. The fourth-order valence-corrected chi connectivity index (χ4v) is 3.55. The van der Waals surface area contributed by atoms with Crippen LogP contribution in [0.25, 0.3) is 0 Å². The summed E-state index contributed by atoms with van der Waals surface area (Å²) in [5.41, 5.74) is 2.91. The van der Waals surface area contributed by atoms with Crippen molar-refractivity contribution in [3.8, 4) is 5.75 Å². The number of aryl methyl sites for hydroxylation is 1. The summed E-state index contributed by atoms with van der Waals surface area (Å²) in [6.45, 7) is 0.329. The Morgan fingerprint density at radius 2 is 1.96 bits per heavy atom. The minimum Gasteiger partial charge on any atom is -0.495 e. The van der Waals surface area contributed by atoms with Crippen molar-refractivity contribution in [2.45, 2.75) is 31.8 Å². The van der Waals surface area contributed by atoms with Gasteiger partial charge in [0.15, 0.2) is 0 Å². The van der Waals surface area contributed by atoms with Gasteiger partial charge in [0.25, 0.3) is 0 Å². The normalized spacial score (nSPS) is 16.1. The first-order valence-electron chi connectivity index (χ1n) is 8.41. The Balaban J connectivity index is 1.71. The highest BCUT2D eigenvalue weighted by molar-refractivity contribution is 6.32. The molecule has 0 aliphatic carbocycles. The van der Waals surface area contributed by atoms with Gasteiger partial charge >= 0.3 is 5.97 Å². The SMILES string of the molecule is COc1ccc(CCC(=O)N2Cc3ccccc3CC2C(=O)O)cc1Cl. The molecule has 0 fully saturated rings. The number of carbonyl (C=O) groups is 2. The number of ether oxygens (including phenoxy) is 1. The van der Waals surface area contributed by atoms with E-state index in [0.29, 0.717) is 30.2 Å². The van der Waals surface area contributed by atoms with Crippen LogP contribution < -0.4 is 4.74 Å². The molecule has 6 heteroatoms. The van der Waals surface area contributed by atoms with Gasteiger partial charge in [0.1, 0.15) is 11.8 Å². The fourth-order valence-electron chi connectivity index (χ4n) is 3.27. The number of benzene rings is 2. The van der Waals surface area contributed by atoms with Crippen molar-refractivity contribution in [2.24, 2.45) is 0 Å². The van der Waals surface area contributed by atoms with Gasteiger partial charge in [-0.25, -0.2) is 4.79 Å². The summed E-state index contributed by atoms with van der Waals surface area (Å²) in [6, 6.07) is 12.2. The zero-order valence-electron chi connectivity index (χ0n) is 14.4. The van der Waals surface area contributed by atoms with E-state index in [1.807, 2.05) is 30.3 Å². The second kappa shape index (κ2) is 7.79. The van der Waals surface area contributed by atoms with E-state index in [2.05, 4.69) is 0 Å². The summed E-state index contributed by atoms with van der Waals surface area (Å²) in [5.74, 6) is -0.556. The van der Waals surface area contributed by atoms with Crippen LogP contribution in [0.2, 0.25) is 5.02 Å². The lowest BCUT2D eigenvalue weighted by Gasteiger charge is -2.34. The Labute approximate surface area is 157 Å². The zero-order chi connectivity index (χ0) is 18.7. The first-order valence-corrected chi connectivity index (χ1v) is 8.79. The minimum atomic E-state index is -0.972. The van der Waals surface area contributed by atoms with Crippen molar-refractivity contribution in [1.29, 1.82) is 0 Å². The molecule has 1 N–H and O–H groups in total. The summed E-state index contributed by atoms with van der Waals surface area (Å²) >= 11 is 6.12. The second-order valence-corrected chi connectivity index (χ2v) is 6.72. The number of hydrogen-bond donors (Lipinski definition) is 1. The van der Waals surface area contributed by atoms with Gasteiger partial charge in [-0.1, -0.05) is 41.9 Å². The van der Waals surface area contributed by atoms with E-state index in [1.54, 1.807) is 19.2 Å². The molecule has 136 valence electrons.